The number of ether oxygens (including phenoxy) is 2. The lowest BCUT2D eigenvalue weighted by atomic mass is 10.2. The molecule has 0 aliphatic heterocycles. The zero-order valence-corrected chi connectivity index (χ0v) is 18.1. The Bertz CT molecular complexity index is 732. The highest BCUT2D eigenvalue weighted by atomic mass is 32.2. The standard InChI is InChI=1S/C16H22N4O5S3/c1-4-5-8-28(23)10-6-7-11(17-13(26)19-15(21)24-2)12(9-10)18-14(27)20-16(22)25-3/h6-7,9H,4-5,8H2,1-3H3,(H2,17,19,21,26)(H2,18,20,22,27). The van der Waals surface area contributed by atoms with Gasteiger partial charge in [-0.25, -0.2) is 9.59 Å². The van der Waals surface area contributed by atoms with Gasteiger partial charge < -0.3 is 24.7 Å². The highest BCUT2D eigenvalue weighted by Crippen LogP contribution is 2.26. The number of methoxy groups -OCH3 is 2. The van der Waals surface area contributed by atoms with Gasteiger partial charge in [0.05, 0.1) is 25.6 Å². The van der Waals surface area contributed by atoms with Crippen LogP contribution in [0.4, 0.5) is 21.0 Å². The summed E-state index contributed by atoms with van der Waals surface area (Å²) >= 11 is 8.92. The van der Waals surface area contributed by atoms with E-state index in [4.69, 9.17) is 24.4 Å². The van der Waals surface area contributed by atoms with Crippen LogP contribution in [-0.4, -0.2) is 46.9 Å². The molecule has 4 N–H and O–H groups in total. The minimum Gasteiger partial charge on any atom is -0.611 e. The van der Waals surface area contributed by atoms with Crippen LogP contribution in [0, 0.1) is 0 Å². The molecule has 1 aromatic carbocycles. The Morgan fingerprint density at radius 2 is 1.57 bits per heavy atom. The van der Waals surface area contributed by atoms with Gasteiger partial charge >= 0.3 is 12.2 Å². The Morgan fingerprint density at radius 3 is 2.07 bits per heavy atom. The van der Waals surface area contributed by atoms with E-state index in [1.807, 2.05) is 6.92 Å². The maximum absolute atomic E-state index is 12.4. The van der Waals surface area contributed by atoms with E-state index in [9.17, 15) is 14.1 Å². The number of hydrogen-bond donors (Lipinski definition) is 4. The molecular formula is C16H22N4O5S3. The Balaban J connectivity index is 3.04. The molecule has 0 aliphatic carbocycles. The van der Waals surface area contributed by atoms with Crippen LogP contribution in [0.2, 0.25) is 0 Å². The van der Waals surface area contributed by atoms with Crippen LogP contribution in [0.5, 0.6) is 0 Å². The number of alkyl carbamates (subject to hydrolysis) is 2. The number of unbranched alkanes of at least 4 members (excludes halogenated alkanes) is 1. The summed E-state index contributed by atoms with van der Waals surface area (Å²) in [6.07, 6.45) is 0.284. The van der Waals surface area contributed by atoms with Gasteiger partial charge in [0.1, 0.15) is 5.75 Å². The van der Waals surface area contributed by atoms with E-state index in [1.165, 1.54) is 14.2 Å². The van der Waals surface area contributed by atoms with Crippen molar-refractivity contribution in [1.29, 1.82) is 0 Å². The number of carbonyl (C=O) groups is 2. The molecule has 0 aliphatic rings. The normalized spacial score (nSPS) is 11.0. The fourth-order valence-corrected chi connectivity index (χ4v) is 3.51. The lowest BCUT2D eigenvalue weighted by Crippen LogP contribution is -2.35. The molecule has 1 rings (SSSR count). The number of benzene rings is 1. The maximum Gasteiger partial charge on any atom is 0.413 e. The van der Waals surface area contributed by atoms with Crippen molar-refractivity contribution in [2.45, 2.75) is 24.7 Å². The minimum absolute atomic E-state index is 0.0124. The molecule has 0 radical (unpaired) electrons. The maximum atomic E-state index is 12.4. The summed E-state index contributed by atoms with van der Waals surface area (Å²) in [4.78, 5) is 23.2. The predicted octanol–water partition coefficient (Wildman–Crippen LogP) is 2.70. The summed E-state index contributed by atoms with van der Waals surface area (Å²) in [7, 11) is 2.42. The average molecular weight is 447 g/mol. The number of amides is 2. The van der Waals surface area contributed by atoms with Crippen molar-refractivity contribution in [2.75, 3.05) is 30.6 Å². The number of rotatable bonds is 6. The topological polar surface area (TPSA) is 124 Å². The third-order valence-corrected chi connectivity index (χ3v) is 5.08. The fourth-order valence-electron chi connectivity index (χ4n) is 1.87. The van der Waals surface area contributed by atoms with Crippen LogP contribution in [-0.2, 0) is 20.6 Å². The number of thiocarbonyl (C=S) groups is 2. The van der Waals surface area contributed by atoms with Crippen molar-refractivity contribution < 1.29 is 23.6 Å². The molecule has 0 saturated carbocycles. The lowest BCUT2D eigenvalue weighted by Gasteiger charge is -2.17. The molecule has 0 spiro atoms. The molecule has 28 heavy (non-hydrogen) atoms. The van der Waals surface area contributed by atoms with E-state index >= 15 is 0 Å². The lowest BCUT2D eigenvalue weighted by molar-refractivity contribution is 0.176. The Kier molecular flexibility index (Phi) is 10.5. The zero-order valence-electron chi connectivity index (χ0n) is 15.6. The van der Waals surface area contributed by atoms with Gasteiger partial charge in [-0.05, 0) is 54.2 Å². The summed E-state index contributed by atoms with van der Waals surface area (Å²) in [6.45, 7) is 2.02. The Labute approximate surface area is 177 Å². The molecule has 154 valence electrons. The highest BCUT2D eigenvalue weighted by molar-refractivity contribution is 7.91. The largest absolute Gasteiger partial charge is 0.611 e. The fraction of sp³-hybridized carbons (Fsp3) is 0.375. The monoisotopic (exact) mass is 446 g/mol. The van der Waals surface area contributed by atoms with Gasteiger partial charge in [0.25, 0.3) is 0 Å². The first-order chi connectivity index (χ1) is 13.3. The summed E-state index contributed by atoms with van der Waals surface area (Å²) in [5.41, 5.74) is 0.837. The predicted molar refractivity (Wildman–Crippen MR) is 116 cm³/mol. The molecule has 12 heteroatoms. The van der Waals surface area contributed by atoms with Crippen LogP contribution in [0.15, 0.2) is 23.1 Å². The van der Waals surface area contributed by atoms with E-state index in [0.29, 0.717) is 22.0 Å². The number of hydrogen-bond acceptors (Lipinski definition) is 7. The average Bonchev–Trinajstić information content (AvgIpc) is 2.66. The second kappa shape index (κ2) is 12.3. The summed E-state index contributed by atoms with van der Waals surface area (Å²) in [5, 5.41) is 10.2. The quantitative estimate of drug-likeness (QED) is 0.386. The molecule has 1 atom stereocenters. The van der Waals surface area contributed by atoms with Gasteiger partial charge in [-0.1, -0.05) is 13.3 Å². The molecule has 2 amide bonds. The van der Waals surface area contributed by atoms with Crippen molar-refractivity contribution in [2.24, 2.45) is 0 Å². The molecule has 0 aromatic heterocycles. The molecular weight excluding hydrogens is 424 g/mol. The van der Waals surface area contributed by atoms with Crippen molar-refractivity contribution in [1.82, 2.24) is 10.6 Å². The van der Waals surface area contributed by atoms with E-state index < -0.39 is 23.4 Å². The first-order valence-electron chi connectivity index (χ1n) is 8.15. The van der Waals surface area contributed by atoms with E-state index in [1.54, 1.807) is 18.2 Å². The number of carbonyl (C=O) groups excluding carboxylic acids is 2. The third-order valence-electron chi connectivity index (χ3n) is 3.24. The van der Waals surface area contributed by atoms with E-state index in [0.717, 1.165) is 12.8 Å². The smallest absolute Gasteiger partial charge is 0.413 e. The van der Waals surface area contributed by atoms with Gasteiger partial charge in [0.2, 0.25) is 0 Å². The van der Waals surface area contributed by atoms with Crippen LogP contribution < -0.4 is 21.3 Å². The molecule has 0 heterocycles. The van der Waals surface area contributed by atoms with Crippen LogP contribution >= 0.6 is 24.4 Å². The zero-order chi connectivity index (χ0) is 21.1. The van der Waals surface area contributed by atoms with E-state index in [-0.39, 0.29) is 10.2 Å². The third kappa shape index (κ3) is 8.25. The van der Waals surface area contributed by atoms with Crippen molar-refractivity contribution in [3.05, 3.63) is 18.2 Å². The highest BCUT2D eigenvalue weighted by Gasteiger charge is 2.16. The number of anilines is 2. The van der Waals surface area contributed by atoms with Crippen LogP contribution in [0.1, 0.15) is 19.8 Å². The summed E-state index contributed by atoms with van der Waals surface area (Å²) in [5.74, 6) is 0.524. The minimum atomic E-state index is -1.20. The molecule has 0 saturated heterocycles. The molecule has 0 fully saturated rings. The molecule has 9 nitrogen and oxygen atoms in total. The Hall–Kier alpha value is -2.15. The first-order valence-corrected chi connectivity index (χ1v) is 10.3. The van der Waals surface area contributed by atoms with Crippen molar-refractivity contribution in [3.8, 4) is 0 Å². The van der Waals surface area contributed by atoms with Crippen molar-refractivity contribution in [3.63, 3.8) is 0 Å². The first kappa shape index (κ1) is 23.9. The van der Waals surface area contributed by atoms with Gasteiger partial charge in [0, 0.05) is 6.07 Å². The van der Waals surface area contributed by atoms with Crippen LogP contribution in [0.3, 0.4) is 0 Å². The van der Waals surface area contributed by atoms with Crippen LogP contribution in [0.25, 0.3) is 0 Å². The number of nitrogens with one attached hydrogen (secondary N) is 4. The van der Waals surface area contributed by atoms with E-state index in [2.05, 4.69) is 30.7 Å². The van der Waals surface area contributed by atoms with Crippen molar-refractivity contribution >= 4 is 69.4 Å². The SMILES string of the molecule is CCCC[S+]([O-])c1ccc(NC(=S)NC(=O)OC)c(NC(=S)NC(=O)OC)c1. The summed E-state index contributed by atoms with van der Waals surface area (Å²) in [6, 6.07) is 4.93. The van der Waals surface area contributed by atoms with Gasteiger partial charge in [-0.2, -0.15) is 0 Å². The molecule has 0 bridgehead atoms. The second-order valence-electron chi connectivity index (χ2n) is 5.25. The van der Waals surface area contributed by atoms with Gasteiger partial charge in [0.15, 0.2) is 15.1 Å². The van der Waals surface area contributed by atoms with Gasteiger partial charge in [-0.3, -0.25) is 10.6 Å². The summed E-state index contributed by atoms with van der Waals surface area (Å²) < 4.78 is 21.4. The van der Waals surface area contributed by atoms with Gasteiger partial charge in [-0.15, -0.1) is 0 Å². The molecule has 1 aromatic rings. The molecule has 1 unspecified atom stereocenters. The Morgan fingerprint density at radius 1 is 1.04 bits per heavy atom. The second-order valence-corrected chi connectivity index (χ2v) is 7.64.